The molecule has 0 radical (unpaired) electrons. The second kappa shape index (κ2) is 10.6. The molecule has 174 valence electrons. The van der Waals surface area contributed by atoms with Gasteiger partial charge in [-0.25, -0.2) is 8.42 Å². The van der Waals surface area contributed by atoms with Gasteiger partial charge in [-0.3, -0.25) is 0 Å². The summed E-state index contributed by atoms with van der Waals surface area (Å²) >= 11 is 5.92. The SMILES string of the molecule is CCOc1ccc(S(=O)(=O)N2CCOc3ccc(COCc4ccc(Cl)cc4)cc3C2)cc1. The largest absolute Gasteiger partial charge is 0.494 e. The number of ether oxygens (including phenoxy) is 3. The van der Waals surface area contributed by atoms with Crippen LogP contribution in [-0.2, 0) is 34.5 Å². The fraction of sp³-hybridized carbons (Fsp3) is 0.280. The van der Waals surface area contributed by atoms with Crippen LogP contribution in [0.1, 0.15) is 23.6 Å². The topological polar surface area (TPSA) is 65.1 Å². The highest BCUT2D eigenvalue weighted by Gasteiger charge is 2.28. The lowest BCUT2D eigenvalue weighted by atomic mass is 10.1. The summed E-state index contributed by atoms with van der Waals surface area (Å²) in [6, 6.07) is 19.8. The standard InChI is InChI=1S/C25H26ClNO5S/c1-2-31-23-8-10-24(11-9-23)33(28,29)27-13-14-32-25-12-5-20(15-21(25)16-27)18-30-17-19-3-6-22(26)7-4-19/h3-12,15H,2,13-14,16-18H2,1H3. The smallest absolute Gasteiger partial charge is 0.243 e. The molecule has 4 rings (SSSR count). The highest BCUT2D eigenvalue weighted by Crippen LogP contribution is 2.28. The number of nitrogens with zero attached hydrogens (tertiary/aromatic N) is 1. The van der Waals surface area contributed by atoms with Crippen molar-refractivity contribution >= 4 is 21.6 Å². The fourth-order valence-electron chi connectivity index (χ4n) is 3.61. The second-order valence-corrected chi connectivity index (χ2v) is 10.0. The molecule has 0 fully saturated rings. The van der Waals surface area contributed by atoms with E-state index in [0.717, 1.165) is 16.7 Å². The molecule has 0 aromatic heterocycles. The minimum atomic E-state index is -3.67. The van der Waals surface area contributed by atoms with E-state index < -0.39 is 10.0 Å². The first-order valence-corrected chi connectivity index (χ1v) is 12.6. The van der Waals surface area contributed by atoms with Gasteiger partial charge in [-0.05, 0) is 66.6 Å². The van der Waals surface area contributed by atoms with E-state index in [2.05, 4.69) is 0 Å². The van der Waals surface area contributed by atoms with Crippen molar-refractivity contribution in [3.05, 3.63) is 88.4 Å². The first-order valence-electron chi connectivity index (χ1n) is 10.8. The molecule has 8 heteroatoms. The zero-order valence-corrected chi connectivity index (χ0v) is 19.9. The van der Waals surface area contributed by atoms with Gasteiger partial charge in [-0.2, -0.15) is 4.31 Å². The van der Waals surface area contributed by atoms with E-state index in [4.69, 9.17) is 25.8 Å². The van der Waals surface area contributed by atoms with Crippen molar-refractivity contribution in [1.29, 1.82) is 0 Å². The summed E-state index contributed by atoms with van der Waals surface area (Å²) in [5, 5.41) is 0.689. The molecule has 33 heavy (non-hydrogen) atoms. The average molecular weight is 488 g/mol. The van der Waals surface area contributed by atoms with E-state index in [9.17, 15) is 8.42 Å². The predicted molar refractivity (Wildman–Crippen MR) is 127 cm³/mol. The van der Waals surface area contributed by atoms with Gasteiger partial charge in [0.2, 0.25) is 10.0 Å². The van der Waals surface area contributed by atoms with Gasteiger partial charge >= 0.3 is 0 Å². The first-order chi connectivity index (χ1) is 16.0. The van der Waals surface area contributed by atoms with E-state index in [-0.39, 0.29) is 24.6 Å². The summed E-state index contributed by atoms with van der Waals surface area (Å²) in [6.07, 6.45) is 0. The number of hydrogen-bond acceptors (Lipinski definition) is 5. The Bertz CT molecular complexity index is 1180. The Morgan fingerprint density at radius 1 is 0.970 bits per heavy atom. The molecule has 0 saturated carbocycles. The van der Waals surface area contributed by atoms with E-state index in [1.165, 1.54) is 4.31 Å². The molecule has 0 spiro atoms. The Labute approximate surface area is 199 Å². The Kier molecular flexibility index (Phi) is 7.55. The number of benzene rings is 3. The van der Waals surface area contributed by atoms with Gasteiger partial charge in [0.25, 0.3) is 0 Å². The van der Waals surface area contributed by atoms with Crippen molar-refractivity contribution < 1.29 is 22.6 Å². The van der Waals surface area contributed by atoms with Crippen LogP contribution in [0.25, 0.3) is 0 Å². The van der Waals surface area contributed by atoms with E-state index in [1.807, 2.05) is 49.4 Å². The van der Waals surface area contributed by atoms with Crippen molar-refractivity contribution in [3.8, 4) is 11.5 Å². The number of halogens is 1. The molecular weight excluding hydrogens is 462 g/mol. The molecule has 1 heterocycles. The van der Waals surface area contributed by atoms with Crippen LogP contribution in [-0.4, -0.2) is 32.5 Å². The second-order valence-electron chi connectivity index (χ2n) is 7.65. The van der Waals surface area contributed by atoms with Crippen LogP contribution in [0.15, 0.2) is 71.6 Å². The zero-order valence-electron chi connectivity index (χ0n) is 18.4. The number of fused-ring (bicyclic) bond motifs is 1. The van der Waals surface area contributed by atoms with Crippen LogP contribution in [0.2, 0.25) is 5.02 Å². The van der Waals surface area contributed by atoms with Gasteiger partial charge in [0.1, 0.15) is 18.1 Å². The minimum absolute atomic E-state index is 0.232. The summed E-state index contributed by atoms with van der Waals surface area (Å²) in [4.78, 5) is 0.233. The van der Waals surface area contributed by atoms with Crippen LogP contribution in [0.5, 0.6) is 11.5 Å². The minimum Gasteiger partial charge on any atom is -0.494 e. The van der Waals surface area contributed by atoms with Crippen molar-refractivity contribution in [1.82, 2.24) is 4.31 Å². The lowest BCUT2D eigenvalue weighted by Crippen LogP contribution is -2.32. The Balaban J connectivity index is 1.45. The molecule has 3 aromatic rings. The Morgan fingerprint density at radius 3 is 2.39 bits per heavy atom. The molecule has 0 amide bonds. The van der Waals surface area contributed by atoms with Crippen LogP contribution in [0.3, 0.4) is 0 Å². The van der Waals surface area contributed by atoms with E-state index in [1.54, 1.807) is 24.3 Å². The highest BCUT2D eigenvalue weighted by molar-refractivity contribution is 7.89. The van der Waals surface area contributed by atoms with Gasteiger partial charge in [0.15, 0.2) is 0 Å². The van der Waals surface area contributed by atoms with Crippen LogP contribution in [0.4, 0.5) is 0 Å². The highest BCUT2D eigenvalue weighted by atomic mass is 35.5. The summed E-state index contributed by atoms with van der Waals surface area (Å²) < 4.78 is 45.0. The molecule has 1 aliphatic heterocycles. The van der Waals surface area contributed by atoms with Crippen LogP contribution in [0, 0.1) is 0 Å². The molecular formula is C25H26ClNO5S. The maximum Gasteiger partial charge on any atom is 0.243 e. The summed E-state index contributed by atoms with van der Waals surface area (Å²) in [6.45, 7) is 4.07. The van der Waals surface area contributed by atoms with Gasteiger partial charge in [0.05, 0.1) is 24.7 Å². The Hall–Kier alpha value is -2.58. The summed E-state index contributed by atoms with van der Waals surface area (Å²) in [7, 11) is -3.67. The van der Waals surface area contributed by atoms with Crippen molar-refractivity contribution in [2.45, 2.75) is 31.6 Å². The molecule has 0 bridgehead atoms. The molecule has 3 aromatic carbocycles. The molecule has 0 unspecified atom stereocenters. The third-order valence-corrected chi connectivity index (χ3v) is 7.40. The first kappa shape index (κ1) is 23.6. The molecule has 1 aliphatic rings. The molecule has 0 atom stereocenters. The Morgan fingerprint density at radius 2 is 1.67 bits per heavy atom. The van der Waals surface area contributed by atoms with Gasteiger partial charge in [-0.1, -0.05) is 29.8 Å². The number of rotatable bonds is 8. The monoisotopic (exact) mass is 487 g/mol. The molecule has 0 saturated heterocycles. The van der Waals surface area contributed by atoms with Crippen LogP contribution >= 0.6 is 11.6 Å². The average Bonchev–Trinajstić information content (AvgIpc) is 3.04. The van der Waals surface area contributed by atoms with Crippen molar-refractivity contribution in [2.75, 3.05) is 19.8 Å². The number of hydrogen-bond donors (Lipinski definition) is 0. The van der Waals surface area contributed by atoms with Gasteiger partial charge in [-0.15, -0.1) is 0 Å². The van der Waals surface area contributed by atoms with Gasteiger partial charge < -0.3 is 14.2 Å². The summed E-state index contributed by atoms with van der Waals surface area (Å²) in [5.74, 6) is 1.34. The maximum absolute atomic E-state index is 13.3. The van der Waals surface area contributed by atoms with Crippen molar-refractivity contribution in [3.63, 3.8) is 0 Å². The molecule has 0 aliphatic carbocycles. The quantitative estimate of drug-likeness (QED) is 0.445. The van der Waals surface area contributed by atoms with Crippen molar-refractivity contribution in [2.24, 2.45) is 0 Å². The number of sulfonamides is 1. The molecule has 0 N–H and O–H groups in total. The summed E-state index contributed by atoms with van der Waals surface area (Å²) in [5.41, 5.74) is 2.80. The third kappa shape index (κ3) is 5.86. The third-order valence-electron chi connectivity index (χ3n) is 5.29. The fourth-order valence-corrected chi connectivity index (χ4v) is 5.14. The van der Waals surface area contributed by atoms with Crippen LogP contribution < -0.4 is 9.47 Å². The van der Waals surface area contributed by atoms with E-state index in [0.29, 0.717) is 36.3 Å². The van der Waals surface area contributed by atoms with Gasteiger partial charge in [0, 0.05) is 23.7 Å². The van der Waals surface area contributed by atoms with E-state index >= 15 is 0 Å². The normalized spacial score (nSPS) is 14.2. The lowest BCUT2D eigenvalue weighted by molar-refractivity contribution is 0.107. The zero-order chi connectivity index (χ0) is 23.3. The lowest BCUT2D eigenvalue weighted by Gasteiger charge is -2.20. The maximum atomic E-state index is 13.3. The predicted octanol–water partition coefficient (Wildman–Crippen LogP) is 5.04. The molecule has 6 nitrogen and oxygen atoms in total.